The Balaban J connectivity index is 1.91. The molecule has 1 aromatic heterocycles. The van der Waals surface area contributed by atoms with Crippen molar-refractivity contribution in [2.45, 2.75) is 24.2 Å². The normalized spacial score (nSPS) is 35.3. The number of halogens is 1. The number of hydrogen-bond donors (Lipinski definition) is 4. The molecular weight excluding hydrogens is 223 g/mol. The van der Waals surface area contributed by atoms with E-state index < -0.39 is 11.8 Å². The van der Waals surface area contributed by atoms with E-state index in [-0.39, 0.29) is 11.9 Å². The van der Waals surface area contributed by atoms with E-state index in [0.29, 0.717) is 12.1 Å². The SMILES string of the molecule is NC1=NC(N)(c2cc([C@H]3C[C@@H]3F)[nH]n2)C=CN1. The number of aromatic amines is 1. The molecule has 0 bridgehead atoms. The summed E-state index contributed by atoms with van der Waals surface area (Å²) in [7, 11) is 0. The molecule has 6 nitrogen and oxygen atoms in total. The van der Waals surface area contributed by atoms with E-state index in [0.717, 1.165) is 5.69 Å². The van der Waals surface area contributed by atoms with Crippen LogP contribution in [0.2, 0.25) is 0 Å². The maximum absolute atomic E-state index is 12.9. The van der Waals surface area contributed by atoms with Crippen LogP contribution in [-0.2, 0) is 5.66 Å². The Kier molecular flexibility index (Phi) is 1.99. The first-order valence-electron chi connectivity index (χ1n) is 5.37. The molecule has 1 aliphatic carbocycles. The van der Waals surface area contributed by atoms with Crippen LogP contribution in [0.3, 0.4) is 0 Å². The van der Waals surface area contributed by atoms with Crippen molar-refractivity contribution < 1.29 is 4.39 Å². The number of H-pyrrole nitrogens is 1. The summed E-state index contributed by atoms with van der Waals surface area (Å²) in [6, 6.07) is 1.75. The number of hydrogen-bond acceptors (Lipinski definition) is 5. The number of aromatic nitrogens is 2. The van der Waals surface area contributed by atoms with E-state index in [1.54, 1.807) is 18.3 Å². The summed E-state index contributed by atoms with van der Waals surface area (Å²) in [5.41, 5.74) is 11.8. The number of nitrogens with one attached hydrogen (secondary N) is 2. The molecule has 3 atom stereocenters. The van der Waals surface area contributed by atoms with Gasteiger partial charge in [-0.3, -0.25) is 10.8 Å². The average molecular weight is 236 g/mol. The second-order valence-electron chi connectivity index (χ2n) is 4.37. The van der Waals surface area contributed by atoms with Gasteiger partial charge in [-0.15, -0.1) is 0 Å². The van der Waals surface area contributed by atoms with Gasteiger partial charge < -0.3 is 11.1 Å². The number of nitrogens with two attached hydrogens (primary N) is 2. The highest BCUT2D eigenvalue weighted by Crippen LogP contribution is 2.43. The Bertz CT molecular complexity index is 507. The van der Waals surface area contributed by atoms with E-state index in [9.17, 15) is 4.39 Å². The standard InChI is InChI=1S/C10H13FN6/c11-6-3-5(6)7-4-8(17-16-7)10(13)1-2-14-9(12)15-10/h1-2,4-6H,3,13H2,(H,16,17)(H3,12,14,15)/t5-,6-,10?/m0/s1. The summed E-state index contributed by atoms with van der Waals surface area (Å²) in [5.74, 6) is 0.154. The lowest BCUT2D eigenvalue weighted by Crippen LogP contribution is -2.42. The zero-order chi connectivity index (χ0) is 12.0. The van der Waals surface area contributed by atoms with Crippen LogP contribution in [0.4, 0.5) is 4.39 Å². The topological polar surface area (TPSA) is 105 Å². The maximum atomic E-state index is 12.9. The van der Waals surface area contributed by atoms with Crippen molar-refractivity contribution in [1.29, 1.82) is 0 Å². The maximum Gasteiger partial charge on any atom is 0.195 e. The lowest BCUT2D eigenvalue weighted by molar-refractivity contribution is 0.466. The Morgan fingerprint density at radius 2 is 2.29 bits per heavy atom. The Hall–Kier alpha value is -1.89. The number of alkyl halides is 1. The van der Waals surface area contributed by atoms with Crippen molar-refractivity contribution in [3.63, 3.8) is 0 Å². The molecule has 1 aromatic rings. The number of rotatable bonds is 2. The van der Waals surface area contributed by atoms with Crippen molar-refractivity contribution in [1.82, 2.24) is 15.5 Å². The minimum atomic E-state index is -1.08. The summed E-state index contributed by atoms with van der Waals surface area (Å²) in [6.45, 7) is 0. The first-order chi connectivity index (χ1) is 8.08. The van der Waals surface area contributed by atoms with Crippen LogP contribution in [0.1, 0.15) is 23.7 Å². The highest BCUT2D eigenvalue weighted by Gasteiger charge is 2.41. The van der Waals surface area contributed by atoms with E-state index in [2.05, 4.69) is 20.5 Å². The summed E-state index contributed by atoms with van der Waals surface area (Å²) < 4.78 is 12.9. The highest BCUT2D eigenvalue weighted by molar-refractivity contribution is 5.80. The van der Waals surface area contributed by atoms with E-state index in [1.807, 2.05) is 0 Å². The van der Waals surface area contributed by atoms with E-state index in [1.165, 1.54) is 0 Å². The first kappa shape index (κ1) is 10.3. The van der Waals surface area contributed by atoms with Gasteiger partial charge in [0.2, 0.25) is 0 Å². The summed E-state index contributed by atoms with van der Waals surface area (Å²) in [5, 5.41) is 9.61. The van der Waals surface area contributed by atoms with Gasteiger partial charge in [0.05, 0.1) is 0 Å². The quantitative estimate of drug-likeness (QED) is 0.569. The van der Waals surface area contributed by atoms with Crippen molar-refractivity contribution in [2.24, 2.45) is 16.5 Å². The van der Waals surface area contributed by atoms with Crippen LogP contribution in [-0.4, -0.2) is 22.3 Å². The number of aliphatic imine (C=N–C) groups is 1. The van der Waals surface area contributed by atoms with Gasteiger partial charge in [0, 0.05) is 17.8 Å². The molecule has 0 radical (unpaired) electrons. The molecule has 1 aliphatic heterocycles. The van der Waals surface area contributed by atoms with Gasteiger partial charge in [0.15, 0.2) is 11.6 Å². The molecule has 2 heterocycles. The van der Waals surface area contributed by atoms with Crippen LogP contribution in [0.15, 0.2) is 23.3 Å². The fourth-order valence-corrected chi connectivity index (χ4v) is 1.88. The smallest absolute Gasteiger partial charge is 0.195 e. The van der Waals surface area contributed by atoms with Crippen molar-refractivity contribution in [3.05, 3.63) is 29.7 Å². The predicted molar refractivity (Wildman–Crippen MR) is 60.6 cm³/mol. The molecule has 7 heteroatoms. The highest BCUT2D eigenvalue weighted by atomic mass is 19.1. The molecule has 0 aromatic carbocycles. The molecule has 6 N–H and O–H groups in total. The first-order valence-corrected chi connectivity index (χ1v) is 5.37. The third-order valence-electron chi connectivity index (χ3n) is 2.99. The van der Waals surface area contributed by atoms with E-state index >= 15 is 0 Å². The molecule has 1 unspecified atom stereocenters. The van der Waals surface area contributed by atoms with Crippen molar-refractivity contribution in [2.75, 3.05) is 0 Å². The van der Waals surface area contributed by atoms with Crippen LogP contribution in [0, 0.1) is 0 Å². The van der Waals surface area contributed by atoms with Gasteiger partial charge in [-0.05, 0) is 18.6 Å². The van der Waals surface area contributed by atoms with Gasteiger partial charge >= 0.3 is 0 Å². The van der Waals surface area contributed by atoms with Crippen LogP contribution in [0.5, 0.6) is 0 Å². The monoisotopic (exact) mass is 236 g/mol. The fraction of sp³-hybridized carbons (Fsp3) is 0.400. The zero-order valence-electron chi connectivity index (χ0n) is 9.02. The zero-order valence-corrected chi connectivity index (χ0v) is 9.02. The molecule has 3 rings (SSSR count). The van der Waals surface area contributed by atoms with E-state index in [4.69, 9.17) is 11.5 Å². The Morgan fingerprint density at radius 1 is 1.53 bits per heavy atom. The Morgan fingerprint density at radius 3 is 2.94 bits per heavy atom. The molecule has 0 amide bonds. The number of guanidine groups is 1. The molecule has 1 saturated carbocycles. The van der Waals surface area contributed by atoms with Crippen molar-refractivity contribution >= 4 is 5.96 Å². The second-order valence-corrected chi connectivity index (χ2v) is 4.37. The Labute approximate surface area is 97.0 Å². The minimum absolute atomic E-state index is 0.0770. The largest absolute Gasteiger partial charge is 0.370 e. The molecule has 1 fully saturated rings. The molecule has 2 aliphatic rings. The summed E-state index contributed by atoms with van der Waals surface area (Å²) >= 11 is 0. The van der Waals surface area contributed by atoms with Crippen LogP contribution in [0.25, 0.3) is 0 Å². The predicted octanol–water partition coefficient (Wildman–Crippen LogP) is -0.222. The molecule has 0 spiro atoms. The van der Waals surface area contributed by atoms with Crippen molar-refractivity contribution in [3.8, 4) is 0 Å². The van der Waals surface area contributed by atoms with Gasteiger partial charge in [0.25, 0.3) is 0 Å². The third-order valence-corrected chi connectivity index (χ3v) is 2.99. The van der Waals surface area contributed by atoms with Gasteiger partial charge in [0.1, 0.15) is 11.9 Å². The lowest BCUT2D eigenvalue weighted by atomic mass is 10.1. The summed E-state index contributed by atoms with van der Waals surface area (Å²) in [4.78, 5) is 4.09. The fourth-order valence-electron chi connectivity index (χ4n) is 1.88. The molecule has 17 heavy (non-hydrogen) atoms. The second kappa shape index (κ2) is 3.30. The van der Waals surface area contributed by atoms with Crippen LogP contribution >= 0.6 is 0 Å². The molecule has 0 saturated heterocycles. The lowest BCUT2D eigenvalue weighted by Gasteiger charge is -2.22. The van der Waals surface area contributed by atoms with Gasteiger partial charge in [-0.1, -0.05) is 0 Å². The third kappa shape index (κ3) is 1.68. The molecule has 90 valence electrons. The van der Waals surface area contributed by atoms with Gasteiger partial charge in [-0.2, -0.15) is 5.10 Å². The average Bonchev–Trinajstić information content (AvgIpc) is 2.80. The van der Waals surface area contributed by atoms with Crippen LogP contribution < -0.4 is 16.8 Å². The summed E-state index contributed by atoms with van der Waals surface area (Å²) in [6.07, 6.45) is 3.05. The molecular formula is C10H13FN6. The number of nitrogens with zero attached hydrogens (tertiary/aromatic N) is 2. The van der Waals surface area contributed by atoms with Gasteiger partial charge in [-0.25, -0.2) is 9.38 Å². The minimum Gasteiger partial charge on any atom is -0.370 e.